The number of ether oxygens (including phenoxy) is 1. The Morgan fingerprint density at radius 2 is 1.80 bits per heavy atom. The normalized spacial score (nSPS) is 12.5. The van der Waals surface area contributed by atoms with Crippen LogP contribution in [0.4, 0.5) is 0 Å². The molecule has 1 atom stereocenters. The second-order valence-corrected chi connectivity index (χ2v) is 6.65. The maximum Gasteiger partial charge on any atom is 0.120 e. The summed E-state index contributed by atoms with van der Waals surface area (Å²) < 4.78 is 7.74. The van der Waals surface area contributed by atoms with Crippen LogP contribution in [-0.4, -0.2) is 6.10 Å². The van der Waals surface area contributed by atoms with Gasteiger partial charge in [-0.3, -0.25) is 0 Å². The minimum absolute atomic E-state index is 0.154. The Balaban J connectivity index is 2.30. The first-order chi connectivity index (χ1) is 9.47. The summed E-state index contributed by atoms with van der Waals surface area (Å²) >= 11 is 7.01. The summed E-state index contributed by atoms with van der Waals surface area (Å²) in [6.45, 7) is 4.02. The summed E-state index contributed by atoms with van der Waals surface area (Å²) in [4.78, 5) is 0. The summed E-state index contributed by atoms with van der Waals surface area (Å²) in [5.74, 6) is 0.848. The number of hydrogen-bond donors (Lipinski definition) is 1. The molecule has 4 heteroatoms. The van der Waals surface area contributed by atoms with Gasteiger partial charge in [0.25, 0.3) is 0 Å². The first kappa shape index (κ1) is 15.5. The molecule has 0 bridgehead atoms. The monoisotopic (exact) mass is 397 g/mol. The fourth-order valence-electron chi connectivity index (χ4n) is 1.99. The molecule has 0 fully saturated rings. The topological polar surface area (TPSA) is 35.2 Å². The maximum atomic E-state index is 6.37. The summed E-state index contributed by atoms with van der Waals surface area (Å²) in [6, 6.07) is 13.8. The van der Waals surface area contributed by atoms with Gasteiger partial charge in [0.15, 0.2) is 0 Å². The molecule has 0 heterocycles. The van der Waals surface area contributed by atoms with Crippen molar-refractivity contribution in [1.29, 1.82) is 0 Å². The van der Waals surface area contributed by atoms with Crippen molar-refractivity contribution in [3.05, 3.63) is 62.5 Å². The molecule has 0 spiro atoms. The molecular formula is C16H17Br2NO. The molecule has 106 valence electrons. The number of benzene rings is 2. The first-order valence-corrected chi connectivity index (χ1v) is 8.03. The summed E-state index contributed by atoms with van der Waals surface area (Å²) in [5, 5.41) is 0. The Bertz CT molecular complexity index is 599. The van der Waals surface area contributed by atoms with E-state index in [0.29, 0.717) is 0 Å². The Hall–Kier alpha value is -0.840. The minimum Gasteiger partial charge on any atom is -0.491 e. The molecule has 0 radical (unpaired) electrons. The molecule has 2 aromatic carbocycles. The number of halogens is 2. The summed E-state index contributed by atoms with van der Waals surface area (Å²) in [6.07, 6.45) is 0.154. The van der Waals surface area contributed by atoms with Gasteiger partial charge in [0.1, 0.15) is 5.75 Å². The van der Waals surface area contributed by atoms with E-state index in [1.54, 1.807) is 0 Å². The molecule has 0 saturated heterocycles. The van der Waals surface area contributed by atoms with Gasteiger partial charge in [-0.2, -0.15) is 0 Å². The number of rotatable bonds is 4. The zero-order chi connectivity index (χ0) is 14.7. The van der Waals surface area contributed by atoms with Crippen molar-refractivity contribution in [1.82, 2.24) is 0 Å². The molecule has 0 aromatic heterocycles. The van der Waals surface area contributed by atoms with Crippen LogP contribution in [0.15, 0.2) is 51.4 Å². The van der Waals surface area contributed by atoms with Crippen molar-refractivity contribution >= 4 is 31.9 Å². The van der Waals surface area contributed by atoms with Gasteiger partial charge >= 0.3 is 0 Å². The van der Waals surface area contributed by atoms with Crippen LogP contribution in [0.25, 0.3) is 0 Å². The van der Waals surface area contributed by atoms with Crippen LogP contribution >= 0.6 is 31.9 Å². The van der Waals surface area contributed by atoms with Gasteiger partial charge in [-0.25, -0.2) is 0 Å². The lowest BCUT2D eigenvalue weighted by Gasteiger charge is -2.17. The molecule has 0 aliphatic heterocycles. The third kappa shape index (κ3) is 3.84. The van der Waals surface area contributed by atoms with E-state index in [0.717, 1.165) is 25.8 Å². The standard InChI is InChI=1S/C16H17Br2NO/c1-10(2)20-13-5-3-4-11(8-13)16(19)14-7-6-12(17)9-15(14)18/h3-10,16H,19H2,1-2H3. The van der Waals surface area contributed by atoms with E-state index < -0.39 is 0 Å². The molecule has 0 saturated carbocycles. The van der Waals surface area contributed by atoms with Crippen LogP contribution in [0.2, 0.25) is 0 Å². The van der Waals surface area contributed by atoms with E-state index in [1.165, 1.54) is 0 Å². The van der Waals surface area contributed by atoms with Crippen LogP contribution in [0, 0.1) is 0 Å². The highest BCUT2D eigenvalue weighted by Gasteiger charge is 2.13. The van der Waals surface area contributed by atoms with E-state index in [1.807, 2.05) is 56.3 Å². The third-order valence-corrected chi connectivity index (χ3v) is 4.07. The Labute approximate surface area is 136 Å². The Morgan fingerprint density at radius 3 is 2.45 bits per heavy atom. The van der Waals surface area contributed by atoms with E-state index in [-0.39, 0.29) is 12.1 Å². The lowest BCUT2D eigenvalue weighted by Crippen LogP contribution is -2.13. The minimum atomic E-state index is -0.187. The zero-order valence-corrected chi connectivity index (χ0v) is 14.6. The van der Waals surface area contributed by atoms with Crippen molar-refractivity contribution in [3.63, 3.8) is 0 Å². The third-order valence-electron chi connectivity index (χ3n) is 2.89. The summed E-state index contributed by atoms with van der Waals surface area (Å²) in [5.41, 5.74) is 8.45. The zero-order valence-electron chi connectivity index (χ0n) is 11.4. The van der Waals surface area contributed by atoms with Gasteiger partial charge in [-0.15, -0.1) is 0 Å². The van der Waals surface area contributed by atoms with Gasteiger partial charge < -0.3 is 10.5 Å². The fraction of sp³-hybridized carbons (Fsp3) is 0.250. The van der Waals surface area contributed by atoms with E-state index in [4.69, 9.17) is 10.5 Å². The number of nitrogens with two attached hydrogens (primary N) is 1. The molecule has 2 nitrogen and oxygen atoms in total. The fourth-order valence-corrected chi connectivity index (χ4v) is 3.28. The van der Waals surface area contributed by atoms with E-state index in [9.17, 15) is 0 Å². The highest BCUT2D eigenvalue weighted by molar-refractivity contribution is 9.11. The number of hydrogen-bond acceptors (Lipinski definition) is 2. The van der Waals surface area contributed by atoms with Crippen LogP contribution < -0.4 is 10.5 Å². The van der Waals surface area contributed by atoms with Crippen LogP contribution in [-0.2, 0) is 0 Å². The maximum absolute atomic E-state index is 6.37. The molecule has 0 amide bonds. The molecule has 0 aliphatic carbocycles. The molecule has 1 unspecified atom stereocenters. The van der Waals surface area contributed by atoms with Crippen molar-refractivity contribution in [2.75, 3.05) is 0 Å². The molecule has 0 aliphatic rings. The predicted octanol–water partition coefficient (Wildman–Crippen LogP) is 5.05. The smallest absolute Gasteiger partial charge is 0.120 e. The molecule has 2 N–H and O–H groups in total. The Kier molecular flexibility index (Phi) is 5.24. The molecule has 20 heavy (non-hydrogen) atoms. The van der Waals surface area contributed by atoms with Gasteiger partial charge in [0.2, 0.25) is 0 Å². The van der Waals surface area contributed by atoms with Gasteiger partial charge in [-0.05, 0) is 49.2 Å². The van der Waals surface area contributed by atoms with Crippen LogP contribution in [0.3, 0.4) is 0 Å². The first-order valence-electron chi connectivity index (χ1n) is 6.44. The molecule has 2 rings (SSSR count). The average Bonchev–Trinajstić information content (AvgIpc) is 2.37. The average molecular weight is 399 g/mol. The van der Waals surface area contributed by atoms with E-state index >= 15 is 0 Å². The van der Waals surface area contributed by atoms with E-state index in [2.05, 4.69) is 31.9 Å². The second-order valence-electron chi connectivity index (χ2n) is 4.88. The van der Waals surface area contributed by atoms with Crippen molar-refractivity contribution in [2.45, 2.75) is 26.0 Å². The summed E-state index contributed by atoms with van der Waals surface area (Å²) in [7, 11) is 0. The van der Waals surface area contributed by atoms with Crippen molar-refractivity contribution in [2.24, 2.45) is 5.73 Å². The Morgan fingerprint density at radius 1 is 1.05 bits per heavy atom. The second kappa shape index (κ2) is 6.74. The van der Waals surface area contributed by atoms with Crippen LogP contribution in [0.5, 0.6) is 5.75 Å². The van der Waals surface area contributed by atoms with Crippen LogP contribution in [0.1, 0.15) is 31.0 Å². The lowest BCUT2D eigenvalue weighted by molar-refractivity contribution is 0.242. The highest BCUT2D eigenvalue weighted by atomic mass is 79.9. The van der Waals surface area contributed by atoms with Gasteiger partial charge in [-0.1, -0.05) is 50.1 Å². The largest absolute Gasteiger partial charge is 0.491 e. The quantitative estimate of drug-likeness (QED) is 0.782. The highest BCUT2D eigenvalue weighted by Crippen LogP contribution is 2.30. The van der Waals surface area contributed by atoms with Crippen molar-refractivity contribution < 1.29 is 4.74 Å². The van der Waals surface area contributed by atoms with Gasteiger partial charge in [0.05, 0.1) is 12.1 Å². The predicted molar refractivity (Wildman–Crippen MR) is 90.1 cm³/mol. The molecular weight excluding hydrogens is 382 g/mol. The van der Waals surface area contributed by atoms with Crippen molar-refractivity contribution in [3.8, 4) is 5.75 Å². The SMILES string of the molecule is CC(C)Oc1cccc(C(N)c2ccc(Br)cc2Br)c1. The van der Waals surface area contributed by atoms with Gasteiger partial charge in [0, 0.05) is 8.95 Å². The lowest BCUT2D eigenvalue weighted by atomic mass is 9.99. The molecule has 2 aromatic rings.